The van der Waals surface area contributed by atoms with Crippen molar-refractivity contribution < 1.29 is 27.5 Å². The summed E-state index contributed by atoms with van der Waals surface area (Å²) in [6, 6.07) is 19.4. The highest BCUT2D eigenvalue weighted by Gasteiger charge is 2.44. The molecule has 10 nitrogen and oxygen atoms in total. The first kappa shape index (κ1) is 29.5. The summed E-state index contributed by atoms with van der Waals surface area (Å²) in [6.45, 7) is 3.46. The number of sulfonamides is 1. The standard InChI is InChI=1S/C30H34N4O6S/c1-6-30(7-2,29(31)36)34(41(5,37)38)21-15-13-20(14-16-21)32-27(19-11-9-8-10-12-19)26-22-17-24(39-3)25(40-4)18-23(22)33-28(26)35/h8-18,32H,6-7H2,1-5H3,(H2,31,36)(H,33,35)/b27-26-. The van der Waals surface area contributed by atoms with Gasteiger partial charge >= 0.3 is 0 Å². The molecule has 0 atom stereocenters. The fraction of sp³-hybridized carbons (Fsp3) is 0.267. The SMILES string of the molecule is CCC(CC)(C(N)=O)N(c1ccc(N/C(=C2\C(=O)Nc3cc(OC)c(OC)cc32)c2ccccc2)cc1)S(C)(=O)=O. The first-order valence-electron chi connectivity index (χ1n) is 13.1. The van der Waals surface area contributed by atoms with Gasteiger partial charge in [-0.3, -0.25) is 13.9 Å². The van der Waals surface area contributed by atoms with Crippen molar-refractivity contribution in [3.63, 3.8) is 0 Å². The van der Waals surface area contributed by atoms with Crippen LogP contribution in [0.4, 0.5) is 17.1 Å². The van der Waals surface area contributed by atoms with Gasteiger partial charge in [0.2, 0.25) is 15.9 Å². The number of methoxy groups -OCH3 is 2. The van der Waals surface area contributed by atoms with Crippen LogP contribution < -0.4 is 30.1 Å². The van der Waals surface area contributed by atoms with Crippen molar-refractivity contribution in [3.05, 3.63) is 77.9 Å². The number of nitrogens with two attached hydrogens (primary N) is 1. The Kier molecular flexibility index (Phi) is 8.29. The maximum Gasteiger partial charge on any atom is 0.258 e. The van der Waals surface area contributed by atoms with E-state index >= 15 is 0 Å². The maximum atomic E-state index is 13.3. The van der Waals surface area contributed by atoms with Gasteiger partial charge in [0.1, 0.15) is 5.54 Å². The molecule has 2 amide bonds. The molecule has 0 aromatic heterocycles. The van der Waals surface area contributed by atoms with E-state index in [9.17, 15) is 18.0 Å². The molecule has 0 bridgehead atoms. The van der Waals surface area contributed by atoms with Crippen LogP contribution in [0.25, 0.3) is 11.3 Å². The number of hydrogen-bond acceptors (Lipinski definition) is 7. The molecule has 216 valence electrons. The minimum Gasteiger partial charge on any atom is -0.493 e. The summed E-state index contributed by atoms with van der Waals surface area (Å²) in [5.41, 5.74) is 8.12. The van der Waals surface area contributed by atoms with Crippen molar-refractivity contribution in [3.8, 4) is 11.5 Å². The number of anilines is 3. The van der Waals surface area contributed by atoms with Gasteiger partial charge in [0.25, 0.3) is 5.91 Å². The topological polar surface area (TPSA) is 140 Å². The lowest BCUT2D eigenvalue weighted by Crippen LogP contribution is -2.59. The molecule has 0 radical (unpaired) electrons. The highest BCUT2D eigenvalue weighted by Crippen LogP contribution is 2.43. The zero-order chi connectivity index (χ0) is 29.9. The van der Waals surface area contributed by atoms with Crippen LogP contribution in [0.3, 0.4) is 0 Å². The second-order valence-corrected chi connectivity index (χ2v) is 11.5. The van der Waals surface area contributed by atoms with Crippen LogP contribution in [0, 0.1) is 0 Å². The van der Waals surface area contributed by atoms with E-state index in [4.69, 9.17) is 15.2 Å². The number of ether oxygens (including phenoxy) is 2. The molecule has 0 fully saturated rings. The minimum atomic E-state index is -3.86. The van der Waals surface area contributed by atoms with Gasteiger partial charge in [-0.2, -0.15) is 0 Å². The first-order chi connectivity index (χ1) is 19.5. The predicted molar refractivity (Wildman–Crippen MR) is 161 cm³/mol. The Balaban J connectivity index is 1.83. The lowest BCUT2D eigenvalue weighted by atomic mass is 9.91. The van der Waals surface area contributed by atoms with E-state index in [0.29, 0.717) is 45.4 Å². The summed E-state index contributed by atoms with van der Waals surface area (Å²) in [7, 11) is -0.809. The maximum absolute atomic E-state index is 13.3. The van der Waals surface area contributed by atoms with E-state index in [2.05, 4.69) is 10.6 Å². The van der Waals surface area contributed by atoms with E-state index < -0.39 is 21.5 Å². The largest absolute Gasteiger partial charge is 0.493 e. The Hall–Kier alpha value is -4.51. The summed E-state index contributed by atoms with van der Waals surface area (Å²) in [5, 5.41) is 6.26. The lowest BCUT2D eigenvalue weighted by molar-refractivity contribution is -0.123. The molecule has 0 spiro atoms. The number of carbonyl (C=O) groups is 2. The summed E-state index contributed by atoms with van der Waals surface area (Å²) in [5.74, 6) is -0.0650. The average Bonchev–Trinajstić information content (AvgIpc) is 3.28. The monoisotopic (exact) mass is 578 g/mol. The van der Waals surface area contributed by atoms with Gasteiger partial charge in [0, 0.05) is 17.3 Å². The van der Waals surface area contributed by atoms with Gasteiger partial charge in [-0.05, 0) is 48.7 Å². The van der Waals surface area contributed by atoms with Crippen LogP contribution in [0.15, 0.2) is 66.7 Å². The third-order valence-corrected chi connectivity index (χ3v) is 8.52. The van der Waals surface area contributed by atoms with Gasteiger partial charge in [-0.15, -0.1) is 0 Å². The number of amides is 2. The molecule has 11 heteroatoms. The number of benzene rings is 3. The molecular formula is C30H34N4O6S. The average molecular weight is 579 g/mol. The Bertz CT molecular complexity index is 1600. The molecule has 0 saturated carbocycles. The molecule has 1 heterocycles. The molecule has 4 rings (SSSR count). The number of rotatable bonds is 11. The van der Waals surface area contributed by atoms with Crippen molar-refractivity contribution >= 4 is 50.2 Å². The summed E-state index contributed by atoms with van der Waals surface area (Å²) < 4.78 is 37.8. The van der Waals surface area contributed by atoms with Crippen molar-refractivity contribution in [2.75, 3.05) is 35.4 Å². The van der Waals surface area contributed by atoms with E-state index in [1.54, 1.807) is 50.2 Å². The Labute approximate surface area is 240 Å². The quantitative estimate of drug-likeness (QED) is 0.286. The zero-order valence-corrected chi connectivity index (χ0v) is 24.5. The third-order valence-electron chi connectivity index (χ3n) is 7.30. The second kappa shape index (κ2) is 11.5. The van der Waals surface area contributed by atoms with Gasteiger partial charge < -0.3 is 25.8 Å². The molecule has 3 aromatic carbocycles. The van der Waals surface area contributed by atoms with E-state index in [-0.39, 0.29) is 18.7 Å². The molecule has 3 aromatic rings. The number of carbonyl (C=O) groups excluding carboxylic acids is 2. The van der Waals surface area contributed by atoms with Crippen LogP contribution in [-0.4, -0.2) is 46.2 Å². The van der Waals surface area contributed by atoms with E-state index in [1.165, 1.54) is 14.2 Å². The highest BCUT2D eigenvalue weighted by atomic mass is 32.2. The van der Waals surface area contributed by atoms with Crippen molar-refractivity contribution in [1.29, 1.82) is 0 Å². The van der Waals surface area contributed by atoms with Crippen LogP contribution in [0.2, 0.25) is 0 Å². The predicted octanol–water partition coefficient (Wildman–Crippen LogP) is 4.45. The molecule has 0 aliphatic carbocycles. The molecular weight excluding hydrogens is 544 g/mol. The van der Waals surface area contributed by atoms with Gasteiger partial charge in [-0.25, -0.2) is 8.42 Å². The summed E-state index contributed by atoms with van der Waals surface area (Å²) >= 11 is 0. The molecule has 1 aliphatic heterocycles. The van der Waals surface area contributed by atoms with E-state index in [0.717, 1.165) is 16.1 Å². The highest BCUT2D eigenvalue weighted by molar-refractivity contribution is 7.92. The molecule has 0 saturated heterocycles. The molecule has 1 aliphatic rings. The number of hydrogen-bond donors (Lipinski definition) is 3. The first-order valence-corrected chi connectivity index (χ1v) is 14.9. The summed E-state index contributed by atoms with van der Waals surface area (Å²) in [4.78, 5) is 25.8. The Morgan fingerprint density at radius 1 is 0.976 bits per heavy atom. The zero-order valence-electron chi connectivity index (χ0n) is 23.6. The fourth-order valence-corrected chi connectivity index (χ4v) is 6.68. The van der Waals surface area contributed by atoms with Crippen molar-refractivity contribution in [2.45, 2.75) is 32.2 Å². The van der Waals surface area contributed by atoms with Gasteiger partial charge in [0.05, 0.1) is 43.1 Å². The van der Waals surface area contributed by atoms with Crippen molar-refractivity contribution in [1.82, 2.24) is 0 Å². The number of primary amides is 1. The molecule has 0 unspecified atom stereocenters. The van der Waals surface area contributed by atoms with Crippen LogP contribution in [0.1, 0.15) is 37.8 Å². The van der Waals surface area contributed by atoms with Gasteiger partial charge in [-0.1, -0.05) is 44.2 Å². The van der Waals surface area contributed by atoms with Gasteiger partial charge in [0.15, 0.2) is 11.5 Å². The van der Waals surface area contributed by atoms with Crippen LogP contribution in [0.5, 0.6) is 11.5 Å². The normalized spacial score (nSPS) is 14.1. The van der Waals surface area contributed by atoms with Crippen LogP contribution in [-0.2, 0) is 19.6 Å². The number of nitrogens with one attached hydrogen (secondary N) is 2. The van der Waals surface area contributed by atoms with Crippen LogP contribution >= 0.6 is 0 Å². The fourth-order valence-electron chi connectivity index (χ4n) is 5.19. The lowest BCUT2D eigenvalue weighted by Gasteiger charge is -2.40. The summed E-state index contributed by atoms with van der Waals surface area (Å²) in [6.07, 6.45) is 1.47. The van der Waals surface area contributed by atoms with Crippen molar-refractivity contribution in [2.24, 2.45) is 5.73 Å². The third kappa shape index (κ3) is 5.45. The second-order valence-electron chi connectivity index (χ2n) is 9.63. The van der Waals surface area contributed by atoms with E-state index in [1.807, 2.05) is 30.3 Å². The Morgan fingerprint density at radius 2 is 1.56 bits per heavy atom. The molecule has 41 heavy (non-hydrogen) atoms. The number of nitrogens with zero attached hydrogens (tertiary/aromatic N) is 1. The number of fused-ring (bicyclic) bond motifs is 1. The molecule has 4 N–H and O–H groups in total. The smallest absolute Gasteiger partial charge is 0.258 e. The minimum absolute atomic E-state index is 0.207. The Morgan fingerprint density at radius 3 is 2.07 bits per heavy atom.